The third kappa shape index (κ3) is 3.56. The third-order valence-corrected chi connectivity index (χ3v) is 3.74. The first-order valence-electron chi connectivity index (χ1n) is 6.69. The Bertz CT molecular complexity index is 507. The molecular weight excluding hydrogens is 324 g/mol. The number of piperidine rings is 1. The van der Waals surface area contributed by atoms with Crippen molar-refractivity contribution in [2.45, 2.75) is 19.8 Å². The highest BCUT2D eigenvalue weighted by Crippen LogP contribution is 2.20. The van der Waals surface area contributed by atoms with Crippen molar-refractivity contribution in [2.24, 2.45) is 5.92 Å². The van der Waals surface area contributed by atoms with E-state index in [1.54, 1.807) is 30.2 Å². The number of carbonyl (C=O) groups excluding carboxylic acids is 2. The van der Waals surface area contributed by atoms with Crippen LogP contribution in [0.1, 0.15) is 30.1 Å². The molecule has 1 saturated heterocycles. The molecule has 1 aliphatic rings. The fourth-order valence-corrected chi connectivity index (χ4v) is 2.70. The molecule has 1 aromatic rings. The highest BCUT2D eigenvalue weighted by Gasteiger charge is 2.29. The molecule has 1 aliphatic heterocycles. The molecule has 20 heavy (non-hydrogen) atoms. The zero-order valence-electron chi connectivity index (χ0n) is 11.3. The number of hydrogen-bond acceptors (Lipinski definition) is 4. The molecule has 0 saturated carbocycles. The number of amides is 1. The minimum atomic E-state index is -0.210. The van der Waals surface area contributed by atoms with Gasteiger partial charge in [0.15, 0.2) is 0 Å². The normalized spacial score (nSPS) is 18.7. The van der Waals surface area contributed by atoms with Crippen LogP contribution in [0.2, 0.25) is 0 Å². The smallest absolute Gasteiger partial charge is 0.310 e. The zero-order chi connectivity index (χ0) is 14.5. The quantitative estimate of drug-likeness (QED) is 0.625. The Hall–Kier alpha value is -1.43. The molecule has 5 nitrogen and oxygen atoms in total. The van der Waals surface area contributed by atoms with Crippen LogP contribution in [-0.4, -0.2) is 41.5 Å². The van der Waals surface area contributed by atoms with Gasteiger partial charge in [-0.2, -0.15) is 0 Å². The number of pyridine rings is 1. The van der Waals surface area contributed by atoms with E-state index in [1.807, 2.05) is 0 Å². The number of nitrogens with zero attached hydrogens (tertiary/aromatic N) is 2. The van der Waals surface area contributed by atoms with E-state index in [2.05, 4.69) is 20.9 Å². The van der Waals surface area contributed by atoms with Gasteiger partial charge in [-0.05, 0) is 47.8 Å². The van der Waals surface area contributed by atoms with Gasteiger partial charge in [0, 0.05) is 24.8 Å². The van der Waals surface area contributed by atoms with Crippen LogP contribution in [0.5, 0.6) is 0 Å². The maximum absolute atomic E-state index is 12.4. The van der Waals surface area contributed by atoms with E-state index < -0.39 is 0 Å². The average Bonchev–Trinajstić information content (AvgIpc) is 2.47. The lowest BCUT2D eigenvalue weighted by Gasteiger charge is -2.31. The summed E-state index contributed by atoms with van der Waals surface area (Å²) in [5.74, 6) is -0.485. The number of aromatic nitrogens is 1. The molecule has 2 heterocycles. The summed E-state index contributed by atoms with van der Waals surface area (Å²) < 4.78 is 5.67. The second-order valence-corrected chi connectivity index (χ2v) is 5.52. The molecule has 0 radical (unpaired) electrons. The van der Waals surface area contributed by atoms with Crippen LogP contribution in [0.3, 0.4) is 0 Å². The second-order valence-electron chi connectivity index (χ2n) is 4.71. The monoisotopic (exact) mass is 340 g/mol. The summed E-state index contributed by atoms with van der Waals surface area (Å²) in [5.41, 5.74) is 0.580. The highest BCUT2D eigenvalue weighted by molar-refractivity contribution is 9.10. The van der Waals surface area contributed by atoms with Gasteiger partial charge in [0.05, 0.1) is 12.5 Å². The predicted octanol–water partition coefficient (Wildman–Crippen LogP) is 2.26. The van der Waals surface area contributed by atoms with Gasteiger partial charge in [-0.25, -0.2) is 4.98 Å². The van der Waals surface area contributed by atoms with Gasteiger partial charge < -0.3 is 9.64 Å². The number of rotatable bonds is 3. The van der Waals surface area contributed by atoms with E-state index in [0.29, 0.717) is 29.9 Å². The van der Waals surface area contributed by atoms with Crippen molar-refractivity contribution in [1.29, 1.82) is 0 Å². The van der Waals surface area contributed by atoms with Gasteiger partial charge in [-0.15, -0.1) is 0 Å². The molecule has 1 fully saturated rings. The summed E-state index contributed by atoms with van der Waals surface area (Å²) in [6, 6.07) is 3.37. The Morgan fingerprint density at radius 3 is 3.05 bits per heavy atom. The van der Waals surface area contributed by atoms with Gasteiger partial charge in [-0.1, -0.05) is 0 Å². The van der Waals surface area contributed by atoms with Crippen LogP contribution < -0.4 is 0 Å². The molecule has 1 amide bonds. The molecule has 0 unspecified atom stereocenters. The largest absolute Gasteiger partial charge is 0.466 e. The van der Waals surface area contributed by atoms with Crippen molar-refractivity contribution in [3.05, 3.63) is 28.5 Å². The van der Waals surface area contributed by atoms with Gasteiger partial charge >= 0.3 is 5.97 Å². The lowest BCUT2D eigenvalue weighted by molar-refractivity contribution is -0.149. The first kappa shape index (κ1) is 15.0. The van der Waals surface area contributed by atoms with Crippen molar-refractivity contribution in [2.75, 3.05) is 19.7 Å². The topological polar surface area (TPSA) is 59.5 Å². The first-order valence-corrected chi connectivity index (χ1v) is 7.48. The van der Waals surface area contributed by atoms with Crippen LogP contribution in [0.25, 0.3) is 0 Å². The highest BCUT2D eigenvalue weighted by atomic mass is 79.9. The maximum atomic E-state index is 12.4. The zero-order valence-corrected chi connectivity index (χ0v) is 12.9. The summed E-state index contributed by atoms with van der Waals surface area (Å²) >= 11 is 3.25. The average molecular weight is 341 g/mol. The second kappa shape index (κ2) is 6.83. The molecule has 1 atom stereocenters. The molecule has 6 heteroatoms. The number of carbonyl (C=O) groups is 2. The summed E-state index contributed by atoms with van der Waals surface area (Å²) in [5, 5.41) is 0. The SMILES string of the molecule is CCOC(=O)[C@H]1CCCN(C(=O)c2ccnc(Br)c2)C1. The van der Waals surface area contributed by atoms with Crippen molar-refractivity contribution in [3.63, 3.8) is 0 Å². The van der Waals surface area contributed by atoms with Crippen molar-refractivity contribution in [3.8, 4) is 0 Å². The Kier molecular flexibility index (Phi) is 5.11. The molecular formula is C14H17BrN2O3. The number of halogens is 1. The van der Waals surface area contributed by atoms with Crippen LogP contribution >= 0.6 is 15.9 Å². The lowest BCUT2D eigenvalue weighted by Crippen LogP contribution is -2.42. The minimum Gasteiger partial charge on any atom is -0.466 e. The summed E-state index contributed by atoms with van der Waals surface area (Å²) in [6.45, 7) is 3.27. The maximum Gasteiger partial charge on any atom is 0.310 e. The summed E-state index contributed by atoms with van der Waals surface area (Å²) in [4.78, 5) is 29.9. The Balaban J connectivity index is 2.05. The summed E-state index contributed by atoms with van der Waals surface area (Å²) in [6.07, 6.45) is 3.19. The van der Waals surface area contributed by atoms with Crippen LogP contribution in [0, 0.1) is 5.92 Å². The van der Waals surface area contributed by atoms with Gasteiger partial charge in [0.2, 0.25) is 0 Å². The minimum absolute atomic E-state index is 0.0675. The van der Waals surface area contributed by atoms with Gasteiger partial charge in [-0.3, -0.25) is 9.59 Å². The van der Waals surface area contributed by atoms with Crippen molar-refractivity contribution < 1.29 is 14.3 Å². The fourth-order valence-electron chi connectivity index (χ4n) is 2.33. The predicted molar refractivity (Wildman–Crippen MR) is 77.2 cm³/mol. The van der Waals surface area contributed by atoms with Gasteiger partial charge in [0.25, 0.3) is 5.91 Å². The molecule has 108 valence electrons. The standard InChI is InChI=1S/C14H17BrN2O3/c1-2-20-14(19)11-4-3-7-17(9-11)13(18)10-5-6-16-12(15)8-10/h5-6,8,11H,2-4,7,9H2,1H3/t11-/m0/s1. The molecule has 0 spiro atoms. The molecule has 0 aliphatic carbocycles. The molecule has 0 bridgehead atoms. The Morgan fingerprint density at radius 1 is 1.55 bits per heavy atom. The summed E-state index contributed by atoms with van der Waals surface area (Å²) in [7, 11) is 0. The van der Waals surface area contributed by atoms with E-state index in [4.69, 9.17) is 4.74 Å². The van der Waals surface area contributed by atoms with E-state index in [0.717, 1.165) is 12.8 Å². The third-order valence-electron chi connectivity index (χ3n) is 3.30. The Morgan fingerprint density at radius 2 is 2.35 bits per heavy atom. The van der Waals surface area contributed by atoms with Crippen LogP contribution in [0.15, 0.2) is 22.9 Å². The van der Waals surface area contributed by atoms with E-state index in [9.17, 15) is 9.59 Å². The number of likely N-dealkylation sites (tertiary alicyclic amines) is 1. The van der Waals surface area contributed by atoms with Crippen molar-refractivity contribution >= 4 is 27.8 Å². The van der Waals surface area contributed by atoms with E-state index in [1.165, 1.54) is 0 Å². The Labute approximate surface area is 126 Å². The molecule has 0 aromatic carbocycles. The first-order chi connectivity index (χ1) is 9.61. The van der Waals surface area contributed by atoms with E-state index in [-0.39, 0.29) is 17.8 Å². The lowest BCUT2D eigenvalue weighted by atomic mass is 9.97. The molecule has 0 N–H and O–H groups in total. The number of ether oxygens (including phenoxy) is 1. The van der Waals surface area contributed by atoms with E-state index >= 15 is 0 Å². The fraction of sp³-hybridized carbons (Fsp3) is 0.500. The number of esters is 1. The van der Waals surface area contributed by atoms with Crippen LogP contribution in [0.4, 0.5) is 0 Å². The molecule has 2 rings (SSSR count). The van der Waals surface area contributed by atoms with Crippen LogP contribution in [-0.2, 0) is 9.53 Å². The van der Waals surface area contributed by atoms with Gasteiger partial charge in [0.1, 0.15) is 4.60 Å². The van der Waals surface area contributed by atoms with Crippen molar-refractivity contribution in [1.82, 2.24) is 9.88 Å². The molecule has 1 aromatic heterocycles. The number of hydrogen-bond donors (Lipinski definition) is 0.